The van der Waals surface area contributed by atoms with Crippen molar-refractivity contribution in [2.45, 2.75) is 76.0 Å². The quantitative estimate of drug-likeness (QED) is 0.386. The van der Waals surface area contributed by atoms with Gasteiger partial charge in [-0.25, -0.2) is 8.42 Å². The van der Waals surface area contributed by atoms with Gasteiger partial charge in [0.1, 0.15) is 5.75 Å². The van der Waals surface area contributed by atoms with Gasteiger partial charge >= 0.3 is 0 Å². The minimum atomic E-state index is -3.94. The van der Waals surface area contributed by atoms with Gasteiger partial charge in [-0.1, -0.05) is 18.5 Å². The van der Waals surface area contributed by atoms with Gasteiger partial charge in [0.15, 0.2) is 0 Å². The summed E-state index contributed by atoms with van der Waals surface area (Å²) in [4.78, 5) is 18.3. The van der Waals surface area contributed by atoms with Gasteiger partial charge in [0.05, 0.1) is 35.3 Å². The summed E-state index contributed by atoms with van der Waals surface area (Å²) in [6.45, 7) is 8.43. The largest absolute Gasteiger partial charge is 0.490 e. The van der Waals surface area contributed by atoms with Gasteiger partial charge in [0, 0.05) is 42.9 Å². The normalized spacial score (nSPS) is 23.3. The number of benzene rings is 2. The maximum absolute atomic E-state index is 14.3. The number of carbonyl (C=O) groups is 1. The van der Waals surface area contributed by atoms with Gasteiger partial charge < -0.3 is 24.4 Å². The molecule has 0 unspecified atom stereocenters. The van der Waals surface area contributed by atoms with E-state index in [2.05, 4.69) is 23.6 Å². The third-order valence-electron chi connectivity index (χ3n) is 8.19. The number of amides is 1. The molecule has 1 heterocycles. The molecule has 2 N–H and O–H groups in total. The van der Waals surface area contributed by atoms with E-state index in [0.29, 0.717) is 23.9 Å². The Balaban J connectivity index is 1.65. The number of fused-ring (bicyclic) bond motifs is 1. The highest BCUT2D eigenvalue weighted by atomic mass is 35.5. The van der Waals surface area contributed by atoms with Crippen LogP contribution in [0.4, 0.5) is 5.69 Å². The average Bonchev–Trinajstić information content (AvgIpc) is 3.78. The number of anilines is 1. The van der Waals surface area contributed by atoms with Crippen LogP contribution in [0.2, 0.25) is 5.02 Å². The van der Waals surface area contributed by atoms with Crippen molar-refractivity contribution in [2.75, 3.05) is 44.6 Å². The standard InChI is InChI=1S/C32H46ClN3O6S/c1-22-18-36(23(2)21-37)32(38)29-17-27(34-43(39,40)28-13-10-26(33)11-14-28)12-15-30(29)42-24(3)7-5-6-16-41-31(22)20-35(4)19-25-8-9-25/h10-15,17,22-25,31,34,37H,5-9,16,18-21H2,1-4H3/t22-,23-,24+,31+/m0/s1. The maximum atomic E-state index is 14.3. The third-order valence-corrected chi connectivity index (χ3v) is 9.84. The molecule has 0 saturated heterocycles. The number of likely N-dealkylation sites (N-methyl/N-ethyl adjacent to an activating group) is 1. The Hall–Kier alpha value is -2.37. The molecule has 2 aliphatic rings. The molecular weight excluding hydrogens is 590 g/mol. The third kappa shape index (κ3) is 9.56. The number of ether oxygens (including phenoxy) is 2. The summed E-state index contributed by atoms with van der Waals surface area (Å²) in [5, 5.41) is 10.6. The Labute approximate surface area is 261 Å². The predicted molar refractivity (Wildman–Crippen MR) is 169 cm³/mol. The van der Waals surface area contributed by atoms with E-state index in [1.54, 1.807) is 24.0 Å². The monoisotopic (exact) mass is 635 g/mol. The highest BCUT2D eigenvalue weighted by Gasteiger charge is 2.31. The topological polar surface area (TPSA) is 108 Å². The first-order valence-corrected chi connectivity index (χ1v) is 17.1. The van der Waals surface area contributed by atoms with Crippen LogP contribution in [0.1, 0.15) is 63.2 Å². The first kappa shape index (κ1) is 33.5. The lowest BCUT2D eigenvalue weighted by molar-refractivity contribution is -0.0172. The zero-order valence-electron chi connectivity index (χ0n) is 25.7. The summed E-state index contributed by atoms with van der Waals surface area (Å²) in [6.07, 6.45) is 4.89. The van der Waals surface area contributed by atoms with Crippen LogP contribution >= 0.6 is 11.6 Å². The van der Waals surface area contributed by atoms with Gasteiger partial charge in [-0.05, 0) is 101 Å². The second-order valence-electron chi connectivity index (χ2n) is 12.2. The summed E-state index contributed by atoms with van der Waals surface area (Å²) in [5.74, 6) is 0.780. The van der Waals surface area contributed by atoms with Crippen LogP contribution in [-0.4, -0.2) is 87.4 Å². The lowest BCUT2D eigenvalue weighted by Crippen LogP contribution is -2.47. The number of aliphatic hydroxyl groups excluding tert-OH is 1. The minimum Gasteiger partial charge on any atom is -0.490 e. The van der Waals surface area contributed by atoms with Crippen LogP contribution < -0.4 is 9.46 Å². The van der Waals surface area contributed by atoms with Gasteiger partial charge in [0.25, 0.3) is 15.9 Å². The van der Waals surface area contributed by atoms with E-state index < -0.39 is 16.1 Å². The van der Waals surface area contributed by atoms with E-state index in [4.69, 9.17) is 21.1 Å². The molecule has 11 heteroatoms. The Bertz CT molecular complexity index is 1320. The highest BCUT2D eigenvalue weighted by Crippen LogP contribution is 2.31. The molecule has 238 valence electrons. The minimum absolute atomic E-state index is 0.0163. The number of hydrogen-bond donors (Lipinski definition) is 2. The second-order valence-corrected chi connectivity index (χ2v) is 14.4. The molecule has 43 heavy (non-hydrogen) atoms. The van der Waals surface area contributed by atoms with E-state index in [0.717, 1.165) is 38.3 Å². The summed E-state index contributed by atoms with van der Waals surface area (Å²) in [7, 11) is -1.81. The predicted octanol–water partition coefficient (Wildman–Crippen LogP) is 5.28. The fourth-order valence-electron chi connectivity index (χ4n) is 5.40. The Kier molecular flexibility index (Phi) is 11.8. The molecule has 1 aliphatic heterocycles. The highest BCUT2D eigenvalue weighted by molar-refractivity contribution is 7.92. The van der Waals surface area contributed by atoms with Crippen LogP contribution in [0.15, 0.2) is 47.4 Å². The lowest BCUT2D eigenvalue weighted by Gasteiger charge is -2.36. The number of rotatable bonds is 9. The van der Waals surface area contributed by atoms with Gasteiger partial charge in [-0.3, -0.25) is 9.52 Å². The van der Waals surface area contributed by atoms with Crippen molar-refractivity contribution < 1.29 is 27.8 Å². The summed E-state index contributed by atoms with van der Waals surface area (Å²) >= 11 is 5.94. The molecule has 2 aromatic rings. The second kappa shape index (κ2) is 15.1. The fourth-order valence-corrected chi connectivity index (χ4v) is 6.57. The fraction of sp³-hybridized carbons (Fsp3) is 0.594. The van der Waals surface area contributed by atoms with Crippen molar-refractivity contribution in [3.8, 4) is 5.75 Å². The van der Waals surface area contributed by atoms with Crippen molar-refractivity contribution in [1.29, 1.82) is 0 Å². The molecule has 2 aromatic carbocycles. The molecule has 1 saturated carbocycles. The number of carbonyl (C=O) groups excluding carboxylic acids is 1. The van der Waals surface area contributed by atoms with Crippen molar-refractivity contribution in [3.63, 3.8) is 0 Å². The first-order valence-electron chi connectivity index (χ1n) is 15.3. The number of nitrogens with one attached hydrogen (secondary N) is 1. The number of hydrogen-bond acceptors (Lipinski definition) is 7. The number of aliphatic hydroxyl groups is 1. The lowest BCUT2D eigenvalue weighted by atomic mass is 10.0. The van der Waals surface area contributed by atoms with Gasteiger partial charge in [-0.2, -0.15) is 0 Å². The van der Waals surface area contributed by atoms with Crippen molar-refractivity contribution in [1.82, 2.24) is 9.80 Å². The zero-order valence-corrected chi connectivity index (χ0v) is 27.2. The van der Waals surface area contributed by atoms with E-state index in [-0.39, 0.29) is 46.8 Å². The molecule has 4 rings (SSSR count). The first-order chi connectivity index (χ1) is 20.5. The molecule has 4 atom stereocenters. The van der Waals surface area contributed by atoms with Crippen molar-refractivity contribution in [3.05, 3.63) is 53.1 Å². The van der Waals surface area contributed by atoms with Crippen molar-refractivity contribution >= 4 is 33.2 Å². The van der Waals surface area contributed by atoms with Crippen LogP contribution in [0, 0.1) is 11.8 Å². The molecular formula is C32H46ClN3O6S. The van der Waals surface area contributed by atoms with Crippen LogP contribution in [0.5, 0.6) is 5.75 Å². The molecule has 1 fully saturated rings. The summed E-state index contributed by atoms with van der Waals surface area (Å²) < 4.78 is 41.5. The molecule has 1 amide bonds. The van der Waals surface area contributed by atoms with E-state index in [1.165, 1.54) is 43.2 Å². The summed E-state index contributed by atoms with van der Waals surface area (Å²) in [6, 6.07) is 10.1. The Morgan fingerprint density at radius 2 is 1.81 bits per heavy atom. The molecule has 1 aliphatic carbocycles. The molecule has 0 aromatic heterocycles. The van der Waals surface area contributed by atoms with Crippen LogP contribution in [-0.2, 0) is 14.8 Å². The Morgan fingerprint density at radius 1 is 1.09 bits per heavy atom. The van der Waals surface area contributed by atoms with Gasteiger partial charge in [0.2, 0.25) is 0 Å². The number of halogens is 1. The molecule has 9 nitrogen and oxygen atoms in total. The van der Waals surface area contributed by atoms with E-state index in [9.17, 15) is 18.3 Å². The molecule has 0 radical (unpaired) electrons. The SMILES string of the molecule is C[C@@H]1CCCCO[C@H](CN(C)CC2CC2)[C@@H](C)CN([C@@H](C)CO)C(=O)c2cc(NS(=O)(=O)c3ccc(Cl)cc3)ccc2O1. The number of sulfonamides is 1. The molecule has 0 spiro atoms. The van der Waals surface area contributed by atoms with Crippen LogP contribution in [0.3, 0.4) is 0 Å². The van der Waals surface area contributed by atoms with Crippen molar-refractivity contribution in [2.24, 2.45) is 11.8 Å². The smallest absolute Gasteiger partial charge is 0.261 e. The molecule has 0 bridgehead atoms. The van der Waals surface area contributed by atoms with E-state index >= 15 is 0 Å². The van der Waals surface area contributed by atoms with E-state index in [1.807, 2.05) is 6.92 Å². The van der Waals surface area contributed by atoms with Gasteiger partial charge in [-0.15, -0.1) is 0 Å². The Morgan fingerprint density at radius 3 is 2.49 bits per heavy atom. The maximum Gasteiger partial charge on any atom is 0.261 e. The summed E-state index contributed by atoms with van der Waals surface area (Å²) in [5.41, 5.74) is 0.461. The average molecular weight is 636 g/mol. The number of nitrogens with zero attached hydrogens (tertiary/aromatic N) is 2. The van der Waals surface area contributed by atoms with Crippen LogP contribution in [0.25, 0.3) is 0 Å². The zero-order chi connectivity index (χ0) is 31.1.